The predicted octanol–water partition coefficient (Wildman–Crippen LogP) is 0.448. The summed E-state index contributed by atoms with van der Waals surface area (Å²) in [6, 6.07) is 5.33. The van der Waals surface area contributed by atoms with E-state index in [1.54, 1.807) is 33.9 Å². The van der Waals surface area contributed by atoms with Gasteiger partial charge in [-0.3, -0.25) is 0 Å². The first kappa shape index (κ1) is 11.0. The van der Waals surface area contributed by atoms with Crippen LogP contribution in [0, 0.1) is 0 Å². The van der Waals surface area contributed by atoms with Gasteiger partial charge in [-0.2, -0.15) is 0 Å². The van der Waals surface area contributed by atoms with Crippen molar-refractivity contribution >= 4 is 38.9 Å². The van der Waals surface area contributed by atoms with Gasteiger partial charge in [-0.15, -0.1) is 0 Å². The summed E-state index contributed by atoms with van der Waals surface area (Å²) < 4.78 is 0. The van der Waals surface area contributed by atoms with E-state index < -0.39 is 5.40 Å². The smallest absolute Gasteiger partial charge is 0.132 e. The summed E-state index contributed by atoms with van der Waals surface area (Å²) in [7, 11) is 3.46. The Morgan fingerprint density at radius 1 is 1.23 bits per heavy atom. The molecule has 0 radical (unpaired) electrons. The zero-order valence-electron chi connectivity index (χ0n) is 7.64. The van der Waals surface area contributed by atoms with E-state index in [0.717, 1.165) is 5.56 Å². The molecule has 1 rings (SSSR count). The molecule has 0 bridgehead atoms. The lowest BCUT2D eigenvalue weighted by Crippen LogP contribution is -2.32. The number of halogens is 2. The van der Waals surface area contributed by atoms with E-state index in [2.05, 4.69) is 0 Å². The van der Waals surface area contributed by atoms with Gasteiger partial charge in [-0.25, -0.2) is 0 Å². The minimum atomic E-state index is -0.783. The average Bonchev–Trinajstić information content (AvgIpc) is 1.95. The quantitative estimate of drug-likeness (QED) is 0.709. The zero-order chi connectivity index (χ0) is 10.1. The van der Waals surface area contributed by atoms with Crippen molar-refractivity contribution in [3.05, 3.63) is 33.8 Å². The van der Waals surface area contributed by atoms with Gasteiger partial charge in [0.15, 0.2) is 0 Å². The second kappa shape index (κ2) is 3.95. The highest BCUT2D eigenvalue weighted by Crippen LogP contribution is 2.26. The van der Waals surface area contributed by atoms with E-state index in [9.17, 15) is 5.11 Å². The monoisotopic (exact) mass is 214 g/mol. The van der Waals surface area contributed by atoms with Gasteiger partial charge in [0.1, 0.15) is 15.7 Å². The molecule has 0 aromatic heterocycles. The van der Waals surface area contributed by atoms with Crippen LogP contribution in [0.2, 0.25) is 10.0 Å². The highest BCUT2D eigenvalue weighted by molar-refractivity contribution is 6.40. The SMILES string of the molecule is BC(B)(O)Cc1c(Cl)cccc1Cl. The normalized spacial score (nSPS) is 11.6. The van der Waals surface area contributed by atoms with Crippen LogP contribution in [0.1, 0.15) is 5.56 Å². The van der Waals surface area contributed by atoms with Crippen LogP contribution < -0.4 is 0 Å². The summed E-state index contributed by atoms with van der Waals surface area (Å²) in [6.07, 6.45) is 0.464. The van der Waals surface area contributed by atoms with Crippen LogP contribution in [0.4, 0.5) is 0 Å². The minimum Gasteiger partial charge on any atom is -0.407 e. The van der Waals surface area contributed by atoms with Gasteiger partial charge in [0.25, 0.3) is 0 Å². The Labute approximate surface area is 89.9 Å². The molecule has 0 fully saturated rings. The Bertz CT molecular complexity index is 289. The number of hydrogen-bond acceptors (Lipinski definition) is 1. The molecular weight excluding hydrogens is 205 g/mol. The van der Waals surface area contributed by atoms with Crippen molar-refractivity contribution in [2.24, 2.45) is 0 Å². The van der Waals surface area contributed by atoms with Crippen molar-refractivity contribution in [1.29, 1.82) is 0 Å². The molecule has 1 aromatic carbocycles. The third-order valence-electron chi connectivity index (χ3n) is 1.67. The third-order valence-corrected chi connectivity index (χ3v) is 2.38. The third kappa shape index (κ3) is 3.26. The first-order valence-electron chi connectivity index (χ1n) is 4.05. The summed E-state index contributed by atoms with van der Waals surface area (Å²) in [6.45, 7) is 0. The Kier molecular flexibility index (Phi) is 3.33. The Balaban J connectivity index is 3.00. The van der Waals surface area contributed by atoms with E-state index in [0.29, 0.717) is 16.5 Å². The van der Waals surface area contributed by atoms with Crippen LogP contribution in [0.5, 0.6) is 0 Å². The van der Waals surface area contributed by atoms with E-state index in [1.165, 1.54) is 0 Å². The molecule has 0 saturated heterocycles. The molecule has 1 aromatic rings. The van der Waals surface area contributed by atoms with E-state index in [4.69, 9.17) is 23.2 Å². The maximum Gasteiger partial charge on any atom is 0.132 e. The predicted molar refractivity (Wildman–Crippen MR) is 62.2 cm³/mol. The van der Waals surface area contributed by atoms with Crippen LogP contribution in [0.3, 0.4) is 0 Å². The van der Waals surface area contributed by atoms with Crippen LogP contribution >= 0.6 is 23.2 Å². The van der Waals surface area contributed by atoms with Gasteiger partial charge >= 0.3 is 0 Å². The lowest BCUT2D eigenvalue weighted by Gasteiger charge is -2.18. The zero-order valence-corrected chi connectivity index (χ0v) is 9.15. The maximum absolute atomic E-state index is 9.60. The first-order valence-corrected chi connectivity index (χ1v) is 4.81. The molecule has 0 atom stereocenters. The molecule has 1 nitrogen and oxygen atoms in total. The van der Waals surface area contributed by atoms with Crippen LogP contribution in [-0.4, -0.2) is 26.2 Å². The molecule has 0 heterocycles. The molecule has 0 aliphatic carbocycles. The maximum atomic E-state index is 9.60. The lowest BCUT2D eigenvalue weighted by molar-refractivity contribution is 0.214. The second-order valence-electron chi connectivity index (χ2n) is 3.69. The average molecular weight is 215 g/mol. The molecule has 0 spiro atoms. The Morgan fingerprint density at radius 2 is 1.69 bits per heavy atom. The van der Waals surface area contributed by atoms with Gasteiger partial charge in [-0.05, 0) is 24.1 Å². The molecule has 13 heavy (non-hydrogen) atoms. The summed E-state index contributed by atoms with van der Waals surface area (Å²) in [4.78, 5) is 0. The molecule has 1 N–H and O–H groups in total. The van der Waals surface area contributed by atoms with E-state index >= 15 is 0 Å². The Hall–Kier alpha value is -0.110. The number of aliphatic hydroxyl groups is 1. The Morgan fingerprint density at radius 3 is 2.08 bits per heavy atom. The van der Waals surface area contributed by atoms with Gasteiger partial charge in [0.2, 0.25) is 0 Å². The number of benzene rings is 1. The molecule has 0 saturated carbocycles. The fraction of sp³-hybridized carbons (Fsp3) is 0.250. The topological polar surface area (TPSA) is 20.2 Å². The fourth-order valence-electron chi connectivity index (χ4n) is 1.13. The largest absolute Gasteiger partial charge is 0.407 e. The summed E-state index contributed by atoms with van der Waals surface area (Å²) >= 11 is 11.9. The highest BCUT2D eigenvalue weighted by Gasteiger charge is 2.17. The minimum absolute atomic E-state index is 0.464. The standard InChI is InChI=1S/C8H10B2Cl2O/c9-8(10,13)4-5-6(11)2-1-3-7(5)12/h1-3,13H,4,9-10H2. The van der Waals surface area contributed by atoms with Gasteiger partial charge in [0, 0.05) is 15.4 Å². The fourth-order valence-corrected chi connectivity index (χ4v) is 1.66. The summed E-state index contributed by atoms with van der Waals surface area (Å²) in [5.41, 5.74) is 0.804. The molecule has 68 valence electrons. The molecule has 0 amide bonds. The van der Waals surface area contributed by atoms with E-state index in [-0.39, 0.29) is 0 Å². The van der Waals surface area contributed by atoms with Crippen molar-refractivity contribution in [1.82, 2.24) is 0 Å². The number of rotatable bonds is 2. The van der Waals surface area contributed by atoms with Gasteiger partial charge < -0.3 is 5.11 Å². The molecule has 0 aliphatic rings. The first-order chi connectivity index (χ1) is 5.90. The second-order valence-corrected chi connectivity index (χ2v) is 4.50. The van der Waals surface area contributed by atoms with Crippen molar-refractivity contribution in [2.75, 3.05) is 0 Å². The van der Waals surface area contributed by atoms with Crippen molar-refractivity contribution in [3.63, 3.8) is 0 Å². The molecule has 5 heteroatoms. The van der Waals surface area contributed by atoms with E-state index in [1.807, 2.05) is 0 Å². The molecule has 0 aliphatic heterocycles. The number of hydrogen-bond donors (Lipinski definition) is 1. The van der Waals surface area contributed by atoms with Crippen LogP contribution in [-0.2, 0) is 6.42 Å². The summed E-state index contributed by atoms with van der Waals surface area (Å²) in [5.74, 6) is 0. The molecule has 0 unspecified atom stereocenters. The van der Waals surface area contributed by atoms with Crippen LogP contribution in [0.15, 0.2) is 18.2 Å². The molecular formula is C8H10B2Cl2O. The van der Waals surface area contributed by atoms with Crippen molar-refractivity contribution < 1.29 is 5.11 Å². The van der Waals surface area contributed by atoms with Crippen molar-refractivity contribution in [3.8, 4) is 0 Å². The van der Waals surface area contributed by atoms with Gasteiger partial charge in [-0.1, -0.05) is 29.3 Å². The van der Waals surface area contributed by atoms with Gasteiger partial charge in [0.05, 0.1) is 0 Å². The van der Waals surface area contributed by atoms with Crippen LogP contribution in [0.25, 0.3) is 0 Å². The van der Waals surface area contributed by atoms with Crippen molar-refractivity contribution in [2.45, 2.75) is 11.8 Å². The lowest BCUT2D eigenvalue weighted by atomic mass is 9.62. The summed E-state index contributed by atoms with van der Waals surface area (Å²) in [5, 5.41) is 10.0. The highest BCUT2D eigenvalue weighted by atomic mass is 35.5.